The molecular formula is C15H26N2OS. The lowest BCUT2D eigenvalue weighted by Crippen LogP contribution is -2.37. The summed E-state index contributed by atoms with van der Waals surface area (Å²) in [5.41, 5.74) is 7.16. The molecule has 0 aliphatic heterocycles. The van der Waals surface area contributed by atoms with E-state index < -0.39 is 0 Å². The third-order valence-corrected chi connectivity index (χ3v) is 4.04. The predicted molar refractivity (Wildman–Crippen MR) is 84.9 cm³/mol. The van der Waals surface area contributed by atoms with Crippen molar-refractivity contribution in [2.45, 2.75) is 25.4 Å². The van der Waals surface area contributed by atoms with Gasteiger partial charge >= 0.3 is 0 Å². The first-order valence-corrected chi connectivity index (χ1v) is 8.12. The van der Waals surface area contributed by atoms with Crippen LogP contribution in [0.2, 0.25) is 0 Å². The first-order valence-electron chi connectivity index (χ1n) is 6.73. The second kappa shape index (κ2) is 9.23. The highest BCUT2D eigenvalue weighted by molar-refractivity contribution is 7.98. The van der Waals surface area contributed by atoms with Crippen LogP contribution in [0.25, 0.3) is 0 Å². The van der Waals surface area contributed by atoms with E-state index in [2.05, 4.69) is 30.3 Å². The number of ether oxygens (including phenoxy) is 1. The van der Waals surface area contributed by atoms with Crippen LogP contribution in [0.4, 0.5) is 0 Å². The summed E-state index contributed by atoms with van der Waals surface area (Å²) in [5, 5.41) is 0. The summed E-state index contributed by atoms with van der Waals surface area (Å²) >= 11 is 1.90. The van der Waals surface area contributed by atoms with Crippen LogP contribution >= 0.6 is 11.8 Å². The molecule has 0 saturated heterocycles. The van der Waals surface area contributed by atoms with Gasteiger partial charge in [-0.05, 0) is 49.6 Å². The molecule has 2 N–H and O–H groups in total. The van der Waals surface area contributed by atoms with E-state index in [9.17, 15) is 0 Å². The van der Waals surface area contributed by atoms with Crippen LogP contribution in [-0.2, 0) is 6.54 Å². The molecule has 0 saturated carbocycles. The Morgan fingerprint density at radius 1 is 1.42 bits per heavy atom. The molecule has 19 heavy (non-hydrogen) atoms. The Morgan fingerprint density at radius 3 is 2.84 bits per heavy atom. The fourth-order valence-corrected chi connectivity index (χ4v) is 2.62. The lowest BCUT2D eigenvalue weighted by molar-refractivity contribution is 0.226. The van der Waals surface area contributed by atoms with Crippen molar-refractivity contribution in [3.8, 4) is 5.75 Å². The number of nitrogens with zero attached hydrogens (tertiary/aromatic N) is 1. The molecule has 0 aliphatic rings. The smallest absolute Gasteiger partial charge is 0.119 e. The Morgan fingerprint density at radius 2 is 2.21 bits per heavy atom. The average Bonchev–Trinajstić information content (AvgIpc) is 2.43. The Hall–Kier alpha value is -0.710. The van der Waals surface area contributed by atoms with Crippen molar-refractivity contribution in [2.24, 2.45) is 5.73 Å². The van der Waals surface area contributed by atoms with Crippen molar-refractivity contribution < 1.29 is 4.74 Å². The SMILES string of the molecule is COc1cccc(CN(C)C(CN)CCCSC)c1. The minimum Gasteiger partial charge on any atom is -0.497 e. The maximum absolute atomic E-state index is 5.89. The monoisotopic (exact) mass is 282 g/mol. The molecule has 0 radical (unpaired) electrons. The van der Waals surface area contributed by atoms with Gasteiger partial charge in [0.05, 0.1) is 7.11 Å². The molecule has 0 fully saturated rings. The minimum atomic E-state index is 0.457. The van der Waals surface area contributed by atoms with E-state index in [1.807, 2.05) is 23.9 Å². The molecule has 108 valence electrons. The van der Waals surface area contributed by atoms with Crippen molar-refractivity contribution >= 4 is 11.8 Å². The normalized spacial score (nSPS) is 12.7. The average molecular weight is 282 g/mol. The van der Waals surface area contributed by atoms with Crippen LogP contribution in [0.5, 0.6) is 5.75 Å². The zero-order chi connectivity index (χ0) is 14.1. The van der Waals surface area contributed by atoms with Gasteiger partial charge in [0.2, 0.25) is 0 Å². The molecule has 0 spiro atoms. The van der Waals surface area contributed by atoms with Crippen LogP contribution in [0.3, 0.4) is 0 Å². The highest BCUT2D eigenvalue weighted by atomic mass is 32.2. The highest BCUT2D eigenvalue weighted by Gasteiger charge is 2.13. The number of benzene rings is 1. The summed E-state index contributed by atoms with van der Waals surface area (Å²) in [6, 6.07) is 8.69. The zero-order valence-corrected chi connectivity index (χ0v) is 13.1. The molecule has 1 rings (SSSR count). The topological polar surface area (TPSA) is 38.5 Å². The van der Waals surface area contributed by atoms with Gasteiger partial charge in [-0.3, -0.25) is 4.90 Å². The molecule has 0 amide bonds. The van der Waals surface area contributed by atoms with Gasteiger partial charge < -0.3 is 10.5 Å². The minimum absolute atomic E-state index is 0.457. The summed E-state index contributed by atoms with van der Waals surface area (Å²) in [4.78, 5) is 2.34. The van der Waals surface area contributed by atoms with Crippen LogP contribution in [0.1, 0.15) is 18.4 Å². The van der Waals surface area contributed by atoms with E-state index in [1.54, 1.807) is 7.11 Å². The van der Waals surface area contributed by atoms with E-state index in [4.69, 9.17) is 10.5 Å². The summed E-state index contributed by atoms with van der Waals surface area (Å²) < 4.78 is 5.26. The van der Waals surface area contributed by atoms with Crippen molar-refractivity contribution in [1.29, 1.82) is 0 Å². The molecule has 0 aliphatic carbocycles. The standard InChI is InChI=1S/C15H26N2OS/c1-17(14(11-16)7-5-9-19-3)12-13-6-4-8-15(10-13)18-2/h4,6,8,10,14H,5,7,9,11-12,16H2,1-3H3. The Balaban J connectivity index is 2.52. The molecule has 1 atom stereocenters. The number of likely N-dealkylation sites (N-methyl/N-ethyl adjacent to an activating group) is 1. The van der Waals surface area contributed by atoms with E-state index in [0.29, 0.717) is 6.04 Å². The number of hydrogen-bond donors (Lipinski definition) is 1. The number of methoxy groups -OCH3 is 1. The summed E-state index contributed by atoms with van der Waals surface area (Å²) in [7, 11) is 3.85. The largest absolute Gasteiger partial charge is 0.497 e. The van der Waals surface area contributed by atoms with Crippen molar-refractivity contribution in [1.82, 2.24) is 4.90 Å². The molecule has 1 aromatic rings. The molecule has 3 nitrogen and oxygen atoms in total. The number of rotatable bonds is 9. The third kappa shape index (κ3) is 5.85. The Bertz CT molecular complexity index is 360. The highest BCUT2D eigenvalue weighted by Crippen LogP contribution is 2.16. The first-order chi connectivity index (χ1) is 9.21. The Labute approximate surface area is 121 Å². The number of hydrogen-bond acceptors (Lipinski definition) is 4. The van der Waals surface area contributed by atoms with Crippen LogP contribution in [0.15, 0.2) is 24.3 Å². The van der Waals surface area contributed by atoms with Gasteiger partial charge in [-0.15, -0.1) is 0 Å². The van der Waals surface area contributed by atoms with E-state index >= 15 is 0 Å². The van der Waals surface area contributed by atoms with Crippen LogP contribution in [0, 0.1) is 0 Å². The van der Waals surface area contributed by atoms with Gasteiger partial charge in [0.25, 0.3) is 0 Å². The molecule has 0 heterocycles. The van der Waals surface area contributed by atoms with E-state index in [0.717, 1.165) is 25.3 Å². The second-order valence-electron chi connectivity index (χ2n) is 4.79. The third-order valence-electron chi connectivity index (χ3n) is 3.35. The fraction of sp³-hybridized carbons (Fsp3) is 0.600. The van der Waals surface area contributed by atoms with E-state index in [1.165, 1.54) is 17.7 Å². The van der Waals surface area contributed by atoms with Gasteiger partial charge in [-0.1, -0.05) is 12.1 Å². The van der Waals surface area contributed by atoms with Gasteiger partial charge in [0, 0.05) is 19.1 Å². The molecule has 0 bridgehead atoms. The van der Waals surface area contributed by atoms with Crippen LogP contribution < -0.4 is 10.5 Å². The maximum Gasteiger partial charge on any atom is 0.119 e. The maximum atomic E-state index is 5.89. The van der Waals surface area contributed by atoms with Gasteiger partial charge in [0.15, 0.2) is 0 Å². The van der Waals surface area contributed by atoms with Gasteiger partial charge in [-0.25, -0.2) is 0 Å². The fourth-order valence-electron chi connectivity index (χ4n) is 2.17. The second-order valence-corrected chi connectivity index (χ2v) is 5.78. The lowest BCUT2D eigenvalue weighted by Gasteiger charge is -2.27. The molecule has 1 aromatic carbocycles. The van der Waals surface area contributed by atoms with Crippen molar-refractivity contribution in [3.63, 3.8) is 0 Å². The van der Waals surface area contributed by atoms with Gasteiger partial charge in [-0.2, -0.15) is 11.8 Å². The molecule has 4 heteroatoms. The van der Waals surface area contributed by atoms with Gasteiger partial charge in [0.1, 0.15) is 5.75 Å². The summed E-state index contributed by atoms with van der Waals surface area (Å²) in [5.74, 6) is 2.13. The lowest BCUT2D eigenvalue weighted by atomic mass is 10.1. The van der Waals surface area contributed by atoms with Crippen LogP contribution in [-0.4, -0.2) is 43.7 Å². The summed E-state index contributed by atoms with van der Waals surface area (Å²) in [6.07, 6.45) is 4.54. The number of nitrogens with two attached hydrogens (primary N) is 1. The summed E-state index contributed by atoms with van der Waals surface area (Å²) in [6.45, 7) is 1.63. The molecule has 0 aromatic heterocycles. The van der Waals surface area contributed by atoms with Crippen molar-refractivity contribution in [2.75, 3.05) is 32.7 Å². The van der Waals surface area contributed by atoms with E-state index in [-0.39, 0.29) is 0 Å². The molecular weight excluding hydrogens is 256 g/mol. The quantitative estimate of drug-likeness (QED) is 0.707. The first kappa shape index (κ1) is 16.3. The molecule has 1 unspecified atom stereocenters. The zero-order valence-electron chi connectivity index (χ0n) is 12.3. The number of thioether (sulfide) groups is 1. The van der Waals surface area contributed by atoms with Crippen molar-refractivity contribution in [3.05, 3.63) is 29.8 Å². The Kier molecular flexibility index (Phi) is 7.94. The predicted octanol–water partition coefficient (Wildman–Crippen LogP) is 2.60.